The Kier molecular flexibility index (Phi) is 3.46. The lowest BCUT2D eigenvalue weighted by atomic mass is 10.1. The van der Waals surface area contributed by atoms with Crippen molar-refractivity contribution >= 4 is 22.6 Å². The van der Waals surface area contributed by atoms with E-state index in [1.54, 1.807) is 6.07 Å². The van der Waals surface area contributed by atoms with E-state index in [1.807, 2.05) is 13.1 Å². The minimum atomic E-state index is -0.175. The molecule has 1 aromatic rings. The molecule has 0 saturated carbocycles. The van der Waals surface area contributed by atoms with Crippen LogP contribution < -0.4 is 5.32 Å². The lowest BCUT2D eigenvalue weighted by Crippen LogP contribution is -2.13. The molecule has 0 aromatic heterocycles. The molecule has 66 valence electrons. The molecule has 1 rings (SSSR count). The third kappa shape index (κ3) is 2.17. The summed E-state index contributed by atoms with van der Waals surface area (Å²) in [4.78, 5) is 0. The van der Waals surface area contributed by atoms with Gasteiger partial charge in [0.25, 0.3) is 0 Å². The standard InChI is InChI=1S/C9H11FIN/c1-6(12-2)8-4-3-7(10)5-9(8)11/h3-6,12H,1-2H3/t6-/m1/s1. The van der Waals surface area contributed by atoms with Crippen LogP contribution >= 0.6 is 22.6 Å². The van der Waals surface area contributed by atoms with Crippen molar-refractivity contribution < 1.29 is 4.39 Å². The Bertz CT molecular complexity index is 275. The van der Waals surface area contributed by atoms with Crippen LogP contribution in [-0.4, -0.2) is 7.05 Å². The highest BCUT2D eigenvalue weighted by molar-refractivity contribution is 14.1. The third-order valence-corrected chi connectivity index (χ3v) is 2.80. The van der Waals surface area contributed by atoms with Gasteiger partial charge in [-0.2, -0.15) is 0 Å². The van der Waals surface area contributed by atoms with E-state index in [0.29, 0.717) is 0 Å². The van der Waals surface area contributed by atoms with Crippen LogP contribution in [-0.2, 0) is 0 Å². The number of nitrogens with one attached hydrogen (secondary N) is 1. The van der Waals surface area contributed by atoms with Crippen molar-refractivity contribution in [3.8, 4) is 0 Å². The van der Waals surface area contributed by atoms with E-state index >= 15 is 0 Å². The van der Waals surface area contributed by atoms with Gasteiger partial charge in [0.1, 0.15) is 5.82 Å². The van der Waals surface area contributed by atoms with Gasteiger partial charge >= 0.3 is 0 Å². The van der Waals surface area contributed by atoms with Crippen molar-refractivity contribution in [2.45, 2.75) is 13.0 Å². The summed E-state index contributed by atoms with van der Waals surface area (Å²) in [5, 5.41) is 3.11. The topological polar surface area (TPSA) is 12.0 Å². The van der Waals surface area contributed by atoms with Crippen molar-refractivity contribution in [2.75, 3.05) is 7.05 Å². The minimum absolute atomic E-state index is 0.175. The second-order valence-electron chi connectivity index (χ2n) is 2.68. The summed E-state index contributed by atoms with van der Waals surface area (Å²) in [5.74, 6) is -0.175. The average Bonchev–Trinajstić information content (AvgIpc) is 2.03. The fraction of sp³-hybridized carbons (Fsp3) is 0.333. The van der Waals surface area contributed by atoms with E-state index in [1.165, 1.54) is 6.07 Å². The van der Waals surface area contributed by atoms with Crippen LogP contribution in [0.1, 0.15) is 18.5 Å². The van der Waals surface area contributed by atoms with E-state index in [4.69, 9.17) is 0 Å². The van der Waals surface area contributed by atoms with Crippen molar-refractivity contribution in [3.05, 3.63) is 33.1 Å². The van der Waals surface area contributed by atoms with Crippen molar-refractivity contribution in [3.63, 3.8) is 0 Å². The first-order valence-electron chi connectivity index (χ1n) is 3.77. The van der Waals surface area contributed by atoms with Crippen molar-refractivity contribution in [1.29, 1.82) is 0 Å². The predicted octanol–water partition coefficient (Wildman–Crippen LogP) is 2.71. The van der Waals surface area contributed by atoms with Gasteiger partial charge in [0.15, 0.2) is 0 Å². The van der Waals surface area contributed by atoms with E-state index < -0.39 is 0 Å². The zero-order valence-corrected chi connectivity index (χ0v) is 9.22. The highest BCUT2D eigenvalue weighted by Crippen LogP contribution is 2.20. The molecule has 12 heavy (non-hydrogen) atoms. The minimum Gasteiger partial charge on any atom is -0.313 e. The van der Waals surface area contributed by atoms with Gasteiger partial charge in [-0.1, -0.05) is 6.07 Å². The molecule has 0 fully saturated rings. The van der Waals surface area contributed by atoms with Crippen molar-refractivity contribution in [1.82, 2.24) is 5.32 Å². The first-order valence-corrected chi connectivity index (χ1v) is 4.85. The molecule has 0 aliphatic heterocycles. The summed E-state index contributed by atoms with van der Waals surface area (Å²) in [7, 11) is 1.89. The first kappa shape index (κ1) is 9.92. The normalized spacial score (nSPS) is 13.0. The zero-order valence-electron chi connectivity index (χ0n) is 7.07. The Labute approximate surface area is 85.5 Å². The van der Waals surface area contributed by atoms with Crippen LogP contribution in [0.25, 0.3) is 0 Å². The van der Waals surface area contributed by atoms with E-state index in [2.05, 4.69) is 34.8 Å². The Balaban J connectivity index is 3.01. The number of rotatable bonds is 2. The maximum absolute atomic E-state index is 12.7. The molecule has 0 unspecified atom stereocenters. The molecular formula is C9H11FIN. The van der Waals surface area contributed by atoms with Gasteiger partial charge in [0, 0.05) is 9.61 Å². The van der Waals surface area contributed by atoms with Gasteiger partial charge in [-0.05, 0) is 54.3 Å². The number of halogens is 2. The highest BCUT2D eigenvalue weighted by Gasteiger charge is 2.06. The lowest BCUT2D eigenvalue weighted by molar-refractivity contribution is 0.616. The Morgan fingerprint density at radius 3 is 2.67 bits per heavy atom. The molecule has 0 aliphatic carbocycles. The molecule has 3 heteroatoms. The molecule has 0 amide bonds. The Morgan fingerprint density at radius 1 is 1.50 bits per heavy atom. The second-order valence-corrected chi connectivity index (χ2v) is 3.84. The molecule has 0 radical (unpaired) electrons. The third-order valence-electron chi connectivity index (χ3n) is 1.86. The van der Waals surface area contributed by atoms with Crippen LogP contribution in [0.4, 0.5) is 4.39 Å². The summed E-state index contributed by atoms with van der Waals surface area (Å²) < 4.78 is 13.7. The zero-order chi connectivity index (χ0) is 9.14. The Hall–Kier alpha value is -0.160. The molecule has 0 heterocycles. The maximum Gasteiger partial charge on any atom is 0.124 e. The fourth-order valence-electron chi connectivity index (χ4n) is 1.01. The summed E-state index contributed by atoms with van der Waals surface area (Å²) >= 11 is 2.14. The number of hydrogen-bond acceptors (Lipinski definition) is 1. The maximum atomic E-state index is 12.7. The van der Waals surface area contributed by atoms with Crippen LogP contribution in [0.5, 0.6) is 0 Å². The fourth-order valence-corrected chi connectivity index (χ4v) is 1.95. The SMILES string of the molecule is CN[C@H](C)c1ccc(F)cc1I. The molecule has 0 saturated heterocycles. The molecule has 1 atom stereocenters. The molecule has 0 bridgehead atoms. The van der Waals surface area contributed by atoms with Gasteiger partial charge in [-0.15, -0.1) is 0 Å². The van der Waals surface area contributed by atoms with Gasteiger partial charge in [0.2, 0.25) is 0 Å². The van der Waals surface area contributed by atoms with Crippen molar-refractivity contribution in [2.24, 2.45) is 0 Å². The summed E-state index contributed by atoms with van der Waals surface area (Å²) in [5.41, 5.74) is 1.14. The number of benzene rings is 1. The molecule has 0 spiro atoms. The van der Waals surface area contributed by atoms with E-state index in [9.17, 15) is 4.39 Å². The van der Waals surface area contributed by atoms with Crippen LogP contribution in [0, 0.1) is 9.39 Å². The van der Waals surface area contributed by atoms with E-state index in [-0.39, 0.29) is 11.9 Å². The first-order chi connectivity index (χ1) is 5.65. The molecule has 1 aromatic carbocycles. The highest BCUT2D eigenvalue weighted by atomic mass is 127. The summed E-state index contributed by atoms with van der Waals surface area (Å²) in [6.45, 7) is 2.05. The quantitative estimate of drug-likeness (QED) is 0.821. The van der Waals surface area contributed by atoms with Crippen LogP contribution in [0.3, 0.4) is 0 Å². The molecule has 1 N–H and O–H groups in total. The van der Waals surface area contributed by atoms with Crippen LogP contribution in [0.2, 0.25) is 0 Å². The van der Waals surface area contributed by atoms with E-state index in [0.717, 1.165) is 9.13 Å². The van der Waals surface area contributed by atoms with Crippen LogP contribution in [0.15, 0.2) is 18.2 Å². The molecular weight excluding hydrogens is 268 g/mol. The number of hydrogen-bond donors (Lipinski definition) is 1. The largest absolute Gasteiger partial charge is 0.313 e. The van der Waals surface area contributed by atoms with Gasteiger partial charge < -0.3 is 5.32 Å². The lowest BCUT2D eigenvalue weighted by Gasteiger charge is -2.12. The molecule has 0 aliphatic rings. The Morgan fingerprint density at radius 2 is 2.17 bits per heavy atom. The summed E-state index contributed by atoms with van der Waals surface area (Å²) in [6.07, 6.45) is 0. The smallest absolute Gasteiger partial charge is 0.124 e. The average molecular weight is 279 g/mol. The summed E-state index contributed by atoms with van der Waals surface area (Å²) in [6, 6.07) is 5.13. The molecule has 1 nitrogen and oxygen atoms in total. The predicted molar refractivity (Wildman–Crippen MR) is 56.6 cm³/mol. The van der Waals surface area contributed by atoms with Gasteiger partial charge in [-0.3, -0.25) is 0 Å². The van der Waals surface area contributed by atoms with Gasteiger partial charge in [-0.25, -0.2) is 4.39 Å². The van der Waals surface area contributed by atoms with Gasteiger partial charge in [0.05, 0.1) is 0 Å². The second kappa shape index (κ2) is 4.18. The monoisotopic (exact) mass is 279 g/mol.